The zero-order valence-corrected chi connectivity index (χ0v) is 14.0. The van der Waals surface area contributed by atoms with Crippen molar-refractivity contribution in [2.75, 3.05) is 26.1 Å². The molecule has 0 saturated heterocycles. The van der Waals surface area contributed by atoms with Gasteiger partial charge in [0.15, 0.2) is 5.82 Å². The molecule has 8 heteroatoms. The van der Waals surface area contributed by atoms with Crippen molar-refractivity contribution >= 4 is 17.6 Å². The van der Waals surface area contributed by atoms with Crippen LogP contribution in [0.15, 0.2) is 35.1 Å². The van der Waals surface area contributed by atoms with E-state index in [0.717, 1.165) is 12.8 Å². The fourth-order valence-corrected chi connectivity index (χ4v) is 2.50. The van der Waals surface area contributed by atoms with E-state index in [1.165, 1.54) is 19.4 Å². The highest BCUT2D eigenvalue weighted by Crippen LogP contribution is 2.31. The van der Waals surface area contributed by atoms with Gasteiger partial charge in [0.05, 0.1) is 19.8 Å². The predicted octanol–water partition coefficient (Wildman–Crippen LogP) is 1.94. The van der Waals surface area contributed by atoms with Gasteiger partial charge < -0.3 is 24.2 Å². The first-order valence-corrected chi connectivity index (χ1v) is 7.85. The van der Waals surface area contributed by atoms with Gasteiger partial charge in [0.2, 0.25) is 5.91 Å². The molecule has 2 aromatic rings. The van der Waals surface area contributed by atoms with Crippen LogP contribution in [0, 0.1) is 0 Å². The Labute approximate surface area is 144 Å². The highest BCUT2D eigenvalue weighted by molar-refractivity contribution is 6.01. The molecule has 1 saturated carbocycles. The van der Waals surface area contributed by atoms with Gasteiger partial charge in [0, 0.05) is 18.2 Å². The van der Waals surface area contributed by atoms with E-state index in [9.17, 15) is 9.59 Å². The maximum absolute atomic E-state index is 12.9. The summed E-state index contributed by atoms with van der Waals surface area (Å²) in [5.41, 5.74) is 0.393. The number of hydrogen-bond donors (Lipinski definition) is 1. The molecular formula is C17H19N3O5. The minimum absolute atomic E-state index is 0.0577. The van der Waals surface area contributed by atoms with Gasteiger partial charge in [0.1, 0.15) is 24.3 Å². The van der Waals surface area contributed by atoms with Gasteiger partial charge >= 0.3 is 0 Å². The Kier molecular flexibility index (Phi) is 4.87. The second-order valence-electron chi connectivity index (χ2n) is 5.66. The lowest BCUT2D eigenvalue weighted by Gasteiger charge is -2.22. The molecule has 1 heterocycles. The number of ether oxygens (including phenoxy) is 2. The van der Waals surface area contributed by atoms with Crippen LogP contribution in [0.1, 0.15) is 23.2 Å². The largest absolute Gasteiger partial charge is 0.497 e. The Hall–Kier alpha value is -3.03. The third-order valence-corrected chi connectivity index (χ3v) is 3.91. The average Bonchev–Trinajstić information content (AvgIpc) is 3.35. The predicted molar refractivity (Wildman–Crippen MR) is 88.7 cm³/mol. The van der Waals surface area contributed by atoms with Crippen molar-refractivity contribution in [3.63, 3.8) is 0 Å². The summed E-state index contributed by atoms with van der Waals surface area (Å²) in [6.45, 7) is -0.0639. The number of nitrogens with zero attached hydrogens (tertiary/aromatic N) is 2. The van der Waals surface area contributed by atoms with E-state index in [2.05, 4.69) is 15.0 Å². The monoisotopic (exact) mass is 345 g/mol. The Bertz CT molecular complexity index is 756. The minimum Gasteiger partial charge on any atom is -0.497 e. The van der Waals surface area contributed by atoms with E-state index in [4.69, 9.17) is 9.47 Å². The lowest BCUT2D eigenvalue weighted by molar-refractivity contribution is -0.117. The Morgan fingerprint density at radius 3 is 2.68 bits per heavy atom. The van der Waals surface area contributed by atoms with E-state index < -0.39 is 0 Å². The fourth-order valence-electron chi connectivity index (χ4n) is 2.50. The normalized spacial score (nSPS) is 13.2. The average molecular weight is 345 g/mol. The standard InChI is InChI=1S/C17H19N3O5/c1-23-12-5-6-13(14(9-12)24-2)17(22)20(11-3-4-11)10-16(21)18-15-7-8-25-19-15/h5-9,11H,3-4,10H2,1-2H3,(H,18,19,21). The van der Waals surface area contributed by atoms with Crippen LogP contribution in [-0.4, -0.2) is 48.7 Å². The zero-order valence-electron chi connectivity index (χ0n) is 14.0. The number of benzene rings is 1. The molecule has 8 nitrogen and oxygen atoms in total. The molecule has 0 bridgehead atoms. The summed E-state index contributed by atoms with van der Waals surface area (Å²) in [4.78, 5) is 26.7. The van der Waals surface area contributed by atoms with Crippen LogP contribution in [0.25, 0.3) is 0 Å². The van der Waals surface area contributed by atoms with Crippen molar-refractivity contribution in [1.82, 2.24) is 10.1 Å². The second-order valence-corrected chi connectivity index (χ2v) is 5.66. The number of hydrogen-bond acceptors (Lipinski definition) is 6. The summed E-state index contributed by atoms with van der Waals surface area (Å²) < 4.78 is 15.1. The lowest BCUT2D eigenvalue weighted by Crippen LogP contribution is -2.39. The van der Waals surface area contributed by atoms with E-state index in [0.29, 0.717) is 22.9 Å². The molecule has 0 aliphatic heterocycles. The molecule has 2 amide bonds. The quantitative estimate of drug-likeness (QED) is 0.824. The molecule has 0 unspecified atom stereocenters. The maximum Gasteiger partial charge on any atom is 0.258 e. The van der Waals surface area contributed by atoms with Gasteiger partial charge in [-0.1, -0.05) is 5.16 Å². The second kappa shape index (κ2) is 7.25. The number of carbonyl (C=O) groups is 2. The lowest BCUT2D eigenvalue weighted by atomic mass is 10.1. The summed E-state index contributed by atoms with van der Waals surface area (Å²) in [5.74, 6) is 0.733. The van der Waals surface area contributed by atoms with Crippen molar-refractivity contribution in [2.24, 2.45) is 0 Å². The molecule has 1 aromatic carbocycles. The Balaban J connectivity index is 1.76. The van der Waals surface area contributed by atoms with Gasteiger partial charge in [0.25, 0.3) is 5.91 Å². The van der Waals surface area contributed by atoms with E-state index >= 15 is 0 Å². The van der Waals surface area contributed by atoms with Gasteiger partial charge in [-0.15, -0.1) is 0 Å². The highest BCUT2D eigenvalue weighted by Gasteiger charge is 2.35. The summed E-state index contributed by atoms with van der Waals surface area (Å²) in [7, 11) is 3.03. The summed E-state index contributed by atoms with van der Waals surface area (Å²) >= 11 is 0. The summed E-state index contributed by atoms with van der Waals surface area (Å²) in [6.07, 6.45) is 3.12. The molecule has 132 valence electrons. The molecule has 1 aliphatic rings. The van der Waals surface area contributed by atoms with Crippen LogP contribution in [0.4, 0.5) is 5.82 Å². The van der Waals surface area contributed by atoms with E-state index in [-0.39, 0.29) is 24.4 Å². The van der Waals surface area contributed by atoms with Crippen LogP contribution < -0.4 is 14.8 Å². The first kappa shape index (κ1) is 16.8. The molecule has 0 atom stereocenters. The number of methoxy groups -OCH3 is 2. The topological polar surface area (TPSA) is 93.9 Å². The zero-order chi connectivity index (χ0) is 17.8. The Morgan fingerprint density at radius 1 is 1.28 bits per heavy atom. The van der Waals surface area contributed by atoms with Crippen molar-refractivity contribution in [3.05, 3.63) is 36.1 Å². The third-order valence-electron chi connectivity index (χ3n) is 3.91. The first-order chi connectivity index (χ1) is 12.1. The van der Waals surface area contributed by atoms with Crippen molar-refractivity contribution in [1.29, 1.82) is 0 Å². The smallest absolute Gasteiger partial charge is 0.258 e. The molecular weight excluding hydrogens is 326 g/mol. The van der Waals surface area contributed by atoms with Crippen molar-refractivity contribution in [3.8, 4) is 11.5 Å². The Morgan fingerprint density at radius 2 is 2.08 bits per heavy atom. The van der Waals surface area contributed by atoms with Crippen molar-refractivity contribution in [2.45, 2.75) is 18.9 Å². The number of nitrogens with one attached hydrogen (secondary N) is 1. The van der Waals surface area contributed by atoms with E-state index in [1.807, 2.05) is 0 Å². The molecule has 0 spiro atoms. The fraction of sp³-hybridized carbons (Fsp3) is 0.353. The summed E-state index contributed by atoms with van der Waals surface area (Å²) in [6, 6.07) is 6.57. The molecule has 1 N–H and O–H groups in total. The first-order valence-electron chi connectivity index (χ1n) is 7.85. The third kappa shape index (κ3) is 3.90. The molecule has 25 heavy (non-hydrogen) atoms. The summed E-state index contributed by atoms with van der Waals surface area (Å²) in [5, 5.41) is 6.23. The number of anilines is 1. The van der Waals surface area contributed by atoms with Gasteiger partial charge in [-0.2, -0.15) is 0 Å². The van der Waals surface area contributed by atoms with Gasteiger partial charge in [-0.25, -0.2) is 0 Å². The van der Waals surface area contributed by atoms with Crippen LogP contribution in [0.2, 0.25) is 0 Å². The maximum atomic E-state index is 12.9. The highest BCUT2D eigenvalue weighted by atomic mass is 16.5. The van der Waals surface area contributed by atoms with Crippen LogP contribution in [-0.2, 0) is 4.79 Å². The van der Waals surface area contributed by atoms with Crippen LogP contribution in [0.3, 0.4) is 0 Å². The van der Waals surface area contributed by atoms with Crippen LogP contribution >= 0.6 is 0 Å². The minimum atomic E-state index is -0.332. The SMILES string of the molecule is COc1ccc(C(=O)N(CC(=O)Nc2ccon2)C2CC2)c(OC)c1. The van der Waals surface area contributed by atoms with Crippen molar-refractivity contribution < 1.29 is 23.6 Å². The molecule has 1 fully saturated rings. The van der Waals surface area contributed by atoms with Gasteiger partial charge in [-0.3, -0.25) is 9.59 Å². The van der Waals surface area contributed by atoms with E-state index in [1.54, 1.807) is 30.2 Å². The molecule has 3 rings (SSSR count). The number of carbonyl (C=O) groups excluding carboxylic acids is 2. The number of rotatable bonds is 7. The number of aromatic nitrogens is 1. The molecule has 1 aromatic heterocycles. The molecule has 1 aliphatic carbocycles. The molecule has 0 radical (unpaired) electrons. The number of amides is 2. The van der Waals surface area contributed by atoms with Crippen LogP contribution in [0.5, 0.6) is 11.5 Å². The van der Waals surface area contributed by atoms with Gasteiger partial charge in [-0.05, 0) is 25.0 Å².